The van der Waals surface area contributed by atoms with Crippen molar-refractivity contribution in [2.75, 3.05) is 6.61 Å². The summed E-state index contributed by atoms with van der Waals surface area (Å²) in [5.41, 5.74) is -0.117. The molecule has 0 radical (unpaired) electrons. The molecule has 1 amide bonds. The Bertz CT molecular complexity index is 885. The van der Waals surface area contributed by atoms with E-state index in [4.69, 9.17) is 4.74 Å². The van der Waals surface area contributed by atoms with Gasteiger partial charge in [0.25, 0.3) is 5.56 Å². The molecule has 0 aliphatic rings. The van der Waals surface area contributed by atoms with Gasteiger partial charge in [-0.3, -0.25) is 19.2 Å². The number of amides is 1. The molecule has 1 N–H and O–H groups in total. The molecule has 1 heterocycles. The number of nitrogens with one attached hydrogen (secondary N) is 1. The first-order valence-electron chi connectivity index (χ1n) is 11.0. The SMILES string of the molecule is CCOC(=O)/C=C/CC[C@H](NC(C)=O)C(=O)Cc1cccn(CC(=O)CCC(C)C)c1=O. The highest BCUT2D eigenvalue weighted by Crippen LogP contribution is 2.07. The molecular formula is C24H34N2O6. The summed E-state index contributed by atoms with van der Waals surface area (Å²) in [6.45, 7) is 7.33. The van der Waals surface area contributed by atoms with Gasteiger partial charge in [-0.05, 0) is 38.2 Å². The number of aromatic nitrogens is 1. The second-order valence-corrected chi connectivity index (χ2v) is 8.07. The topological polar surface area (TPSA) is 112 Å². The van der Waals surface area contributed by atoms with Crippen LogP contribution in [0.1, 0.15) is 58.9 Å². The van der Waals surface area contributed by atoms with E-state index in [0.717, 1.165) is 6.42 Å². The molecule has 0 bridgehead atoms. The van der Waals surface area contributed by atoms with E-state index in [2.05, 4.69) is 5.32 Å². The van der Waals surface area contributed by atoms with Gasteiger partial charge in [-0.2, -0.15) is 0 Å². The molecule has 1 aromatic rings. The number of pyridine rings is 1. The fraction of sp³-hybridized carbons (Fsp3) is 0.542. The number of allylic oxidation sites excluding steroid dienone is 1. The summed E-state index contributed by atoms with van der Waals surface area (Å²) in [5.74, 6) is -0.779. The Morgan fingerprint density at radius 3 is 2.53 bits per heavy atom. The van der Waals surface area contributed by atoms with Crippen molar-refractivity contribution in [1.29, 1.82) is 0 Å². The number of carbonyl (C=O) groups excluding carboxylic acids is 4. The smallest absolute Gasteiger partial charge is 0.330 e. The van der Waals surface area contributed by atoms with Crippen molar-refractivity contribution >= 4 is 23.4 Å². The van der Waals surface area contributed by atoms with E-state index in [-0.39, 0.29) is 54.6 Å². The van der Waals surface area contributed by atoms with Gasteiger partial charge in [0.2, 0.25) is 5.91 Å². The molecule has 176 valence electrons. The maximum Gasteiger partial charge on any atom is 0.330 e. The Morgan fingerprint density at radius 2 is 1.91 bits per heavy atom. The van der Waals surface area contributed by atoms with Gasteiger partial charge in [0.05, 0.1) is 19.2 Å². The predicted molar refractivity (Wildman–Crippen MR) is 121 cm³/mol. The zero-order valence-corrected chi connectivity index (χ0v) is 19.4. The monoisotopic (exact) mass is 446 g/mol. The standard InChI is InChI=1S/C24H34N2O6/c1-5-32-23(30)11-7-6-10-21(25-18(4)27)22(29)15-19-9-8-14-26(24(19)31)16-20(28)13-12-17(2)3/h7-9,11,14,17,21H,5-6,10,12-13,15-16H2,1-4H3,(H,25,27)/b11-7+/t21-/m0/s1. The molecular weight excluding hydrogens is 412 g/mol. The van der Waals surface area contributed by atoms with Crippen LogP contribution in [0.5, 0.6) is 0 Å². The van der Waals surface area contributed by atoms with Crippen molar-refractivity contribution in [1.82, 2.24) is 9.88 Å². The lowest BCUT2D eigenvalue weighted by Gasteiger charge is -2.16. The minimum absolute atomic E-state index is 0.0264. The van der Waals surface area contributed by atoms with E-state index in [1.54, 1.807) is 25.1 Å². The van der Waals surface area contributed by atoms with Crippen LogP contribution >= 0.6 is 0 Å². The van der Waals surface area contributed by atoms with Gasteiger partial charge in [-0.25, -0.2) is 4.79 Å². The van der Waals surface area contributed by atoms with Crippen molar-refractivity contribution in [2.24, 2.45) is 5.92 Å². The first-order valence-corrected chi connectivity index (χ1v) is 11.0. The van der Waals surface area contributed by atoms with Gasteiger partial charge in [-0.1, -0.05) is 26.0 Å². The summed E-state index contributed by atoms with van der Waals surface area (Å²) in [7, 11) is 0. The van der Waals surface area contributed by atoms with Gasteiger partial charge in [0, 0.05) is 37.6 Å². The number of rotatable bonds is 14. The van der Waals surface area contributed by atoms with E-state index < -0.39 is 12.0 Å². The molecule has 8 heteroatoms. The molecule has 0 aliphatic carbocycles. The number of nitrogens with zero attached hydrogens (tertiary/aromatic N) is 1. The molecule has 0 spiro atoms. The molecule has 8 nitrogen and oxygen atoms in total. The molecule has 1 rings (SSSR count). The molecule has 0 saturated carbocycles. The van der Waals surface area contributed by atoms with Crippen molar-refractivity contribution in [2.45, 2.75) is 72.4 Å². The van der Waals surface area contributed by atoms with Crippen LogP contribution in [0.4, 0.5) is 0 Å². The quantitative estimate of drug-likeness (QED) is 0.347. The van der Waals surface area contributed by atoms with Crippen molar-refractivity contribution in [3.05, 3.63) is 46.4 Å². The molecule has 1 aromatic heterocycles. The Hall–Kier alpha value is -3.03. The van der Waals surface area contributed by atoms with Crippen LogP contribution < -0.4 is 10.9 Å². The molecule has 0 saturated heterocycles. The van der Waals surface area contributed by atoms with E-state index in [0.29, 0.717) is 18.8 Å². The van der Waals surface area contributed by atoms with Crippen LogP contribution in [0, 0.1) is 5.92 Å². The van der Waals surface area contributed by atoms with Crippen LogP contribution in [0.15, 0.2) is 35.3 Å². The van der Waals surface area contributed by atoms with E-state index in [1.807, 2.05) is 13.8 Å². The number of Topliss-reactive ketones (excluding diaryl/α,β-unsaturated/α-hetero) is 2. The molecule has 0 aliphatic heterocycles. The summed E-state index contributed by atoms with van der Waals surface area (Å²) in [5, 5.41) is 2.61. The lowest BCUT2D eigenvalue weighted by atomic mass is 10.0. The number of hydrogen-bond acceptors (Lipinski definition) is 6. The van der Waals surface area contributed by atoms with E-state index in [1.165, 1.54) is 23.8 Å². The molecule has 0 unspecified atom stereocenters. The second-order valence-electron chi connectivity index (χ2n) is 8.07. The summed E-state index contributed by atoms with van der Waals surface area (Å²) >= 11 is 0. The number of ether oxygens (including phenoxy) is 1. The maximum absolute atomic E-state index is 12.8. The first kappa shape index (κ1) is 27.0. The summed E-state index contributed by atoms with van der Waals surface area (Å²) in [6, 6.07) is 2.40. The largest absolute Gasteiger partial charge is 0.463 e. The Morgan fingerprint density at radius 1 is 1.19 bits per heavy atom. The van der Waals surface area contributed by atoms with Crippen molar-refractivity contribution in [3.8, 4) is 0 Å². The summed E-state index contributed by atoms with van der Waals surface area (Å²) in [6.07, 6.45) is 6.05. The van der Waals surface area contributed by atoms with E-state index >= 15 is 0 Å². The van der Waals surface area contributed by atoms with Crippen LogP contribution in [-0.4, -0.2) is 40.7 Å². The summed E-state index contributed by atoms with van der Waals surface area (Å²) < 4.78 is 6.12. The normalized spacial score (nSPS) is 12.0. The Labute approximate surface area is 189 Å². The summed E-state index contributed by atoms with van der Waals surface area (Å²) in [4.78, 5) is 60.6. The number of ketones is 2. The fourth-order valence-corrected chi connectivity index (χ4v) is 3.07. The number of hydrogen-bond donors (Lipinski definition) is 1. The van der Waals surface area contributed by atoms with Crippen LogP contribution in [0.25, 0.3) is 0 Å². The highest BCUT2D eigenvalue weighted by Gasteiger charge is 2.20. The third-order valence-corrected chi connectivity index (χ3v) is 4.74. The van der Waals surface area contributed by atoms with Gasteiger partial charge < -0.3 is 14.6 Å². The maximum atomic E-state index is 12.8. The first-order chi connectivity index (χ1) is 15.1. The number of esters is 1. The fourth-order valence-electron chi connectivity index (χ4n) is 3.07. The van der Waals surface area contributed by atoms with Gasteiger partial charge in [0.1, 0.15) is 0 Å². The minimum atomic E-state index is -0.792. The third kappa shape index (κ3) is 10.3. The average Bonchev–Trinajstić information content (AvgIpc) is 2.71. The molecule has 1 atom stereocenters. The third-order valence-electron chi connectivity index (χ3n) is 4.74. The molecule has 32 heavy (non-hydrogen) atoms. The molecule has 0 aromatic carbocycles. The lowest BCUT2D eigenvalue weighted by Crippen LogP contribution is -2.41. The zero-order chi connectivity index (χ0) is 24.1. The van der Waals surface area contributed by atoms with Gasteiger partial charge in [0.15, 0.2) is 11.6 Å². The highest BCUT2D eigenvalue weighted by atomic mass is 16.5. The predicted octanol–water partition coefficient (Wildman–Crippen LogP) is 2.37. The highest BCUT2D eigenvalue weighted by molar-refractivity contribution is 5.89. The minimum Gasteiger partial charge on any atom is -0.463 e. The second kappa shape index (κ2) is 14.1. The van der Waals surface area contributed by atoms with Gasteiger partial charge >= 0.3 is 5.97 Å². The Kier molecular flexibility index (Phi) is 11.9. The van der Waals surface area contributed by atoms with Crippen LogP contribution in [-0.2, 0) is 36.9 Å². The van der Waals surface area contributed by atoms with Crippen molar-refractivity contribution < 1.29 is 23.9 Å². The van der Waals surface area contributed by atoms with Crippen LogP contribution in [0.2, 0.25) is 0 Å². The zero-order valence-electron chi connectivity index (χ0n) is 19.4. The Balaban J connectivity index is 2.82. The van der Waals surface area contributed by atoms with Crippen LogP contribution in [0.3, 0.4) is 0 Å². The lowest BCUT2D eigenvalue weighted by molar-refractivity contribution is -0.137. The molecule has 0 fully saturated rings. The van der Waals surface area contributed by atoms with Gasteiger partial charge in [-0.15, -0.1) is 0 Å². The van der Waals surface area contributed by atoms with E-state index in [9.17, 15) is 24.0 Å². The average molecular weight is 447 g/mol. The number of carbonyl (C=O) groups is 4. The van der Waals surface area contributed by atoms with Crippen molar-refractivity contribution in [3.63, 3.8) is 0 Å².